The third-order valence-electron chi connectivity index (χ3n) is 3.90. The van der Waals surface area contributed by atoms with Gasteiger partial charge in [0.15, 0.2) is 5.11 Å². The molecule has 2 aromatic rings. The highest BCUT2D eigenvalue weighted by molar-refractivity contribution is 7.80. The Morgan fingerprint density at radius 3 is 2.83 bits per heavy atom. The third kappa shape index (κ3) is 3.64. The predicted octanol–water partition coefficient (Wildman–Crippen LogP) is 3.79. The van der Waals surface area contributed by atoms with Gasteiger partial charge in [0.05, 0.1) is 23.6 Å². The van der Waals surface area contributed by atoms with Crippen molar-refractivity contribution >= 4 is 34.6 Å². The van der Waals surface area contributed by atoms with Gasteiger partial charge in [0.25, 0.3) is 0 Å². The van der Waals surface area contributed by atoms with E-state index in [-0.39, 0.29) is 12.4 Å². The SMILES string of the molecule is Cc1nn(Cc2c(F)cccc2Cl)c(C)c1NC(=S)NC1CC1. The summed E-state index contributed by atoms with van der Waals surface area (Å²) in [6, 6.07) is 5.17. The fourth-order valence-corrected chi connectivity index (χ4v) is 2.92. The van der Waals surface area contributed by atoms with Crippen molar-refractivity contribution in [2.24, 2.45) is 0 Å². The highest BCUT2D eigenvalue weighted by Gasteiger charge is 2.23. The van der Waals surface area contributed by atoms with E-state index < -0.39 is 0 Å². The number of thiocarbonyl (C=S) groups is 1. The molecule has 1 fully saturated rings. The molecule has 0 unspecified atom stereocenters. The van der Waals surface area contributed by atoms with Crippen LogP contribution in [0.2, 0.25) is 5.02 Å². The Morgan fingerprint density at radius 1 is 1.43 bits per heavy atom. The Bertz CT molecular complexity index is 735. The molecule has 1 aliphatic rings. The minimum Gasteiger partial charge on any atom is -0.360 e. The smallest absolute Gasteiger partial charge is 0.171 e. The standard InChI is InChI=1S/C16H18ClFN4S/c1-9-15(20-16(23)19-11-6-7-11)10(2)22(21-9)8-12-13(17)4-3-5-14(12)18/h3-5,11H,6-8H2,1-2H3,(H2,19,20,23). The minimum absolute atomic E-state index is 0.280. The summed E-state index contributed by atoms with van der Waals surface area (Å²) in [4.78, 5) is 0. The van der Waals surface area contributed by atoms with Crippen LogP contribution in [0.5, 0.6) is 0 Å². The van der Waals surface area contributed by atoms with Crippen LogP contribution in [-0.4, -0.2) is 20.9 Å². The fourth-order valence-electron chi connectivity index (χ4n) is 2.43. The maximum absolute atomic E-state index is 14.0. The number of aryl methyl sites for hydroxylation is 1. The second-order valence-corrected chi connectivity index (χ2v) is 6.59. The minimum atomic E-state index is -0.328. The second kappa shape index (κ2) is 6.45. The van der Waals surface area contributed by atoms with Gasteiger partial charge in [-0.1, -0.05) is 17.7 Å². The van der Waals surface area contributed by atoms with Gasteiger partial charge in [0, 0.05) is 16.6 Å². The van der Waals surface area contributed by atoms with Crippen LogP contribution < -0.4 is 10.6 Å². The van der Waals surface area contributed by atoms with Crippen LogP contribution >= 0.6 is 23.8 Å². The average molecular weight is 353 g/mol. The van der Waals surface area contributed by atoms with Gasteiger partial charge in [0.2, 0.25) is 0 Å². The monoisotopic (exact) mass is 352 g/mol. The molecule has 1 aromatic carbocycles. The lowest BCUT2D eigenvalue weighted by Crippen LogP contribution is -2.30. The van der Waals surface area contributed by atoms with E-state index in [1.165, 1.54) is 6.07 Å². The first-order valence-corrected chi connectivity index (χ1v) is 8.28. The molecule has 4 nitrogen and oxygen atoms in total. The Morgan fingerprint density at radius 2 is 2.17 bits per heavy atom. The fraction of sp³-hybridized carbons (Fsp3) is 0.375. The number of aromatic nitrogens is 2. The molecule has 0 spiro atoms. The summed E-state index contributed by atoms with van der Waals surface area (Å²) < 4.78 is 15.7. The van der Waals surface area contributed by atoms with Crippen LogP contribution in [0, 0.1) is 19.7 Å². The summed E-state index contributed by atoms with van der Waals surface area (Å²) >= 11 is 11.4. The summed E-state index contributed by atoms with van der Waals surface area (Å²) in [5.74, 6) is -0.328. The first-order chi connectivity index (χ1) is 11.0. The molecule has 0 aliphatic heterocycles. The highest BCUT2D eigenvalue weighted by atomic mass is 35.5. The van der Waals surface area contributed by atoms with Gasteiger partial charge in [-0.05, 0) is 51.0 Å². The number of nitrogens with one attached hydrogen (secondary N) is 2. The molecule has 3 rings (SSSR count). The van der Waals surface area contributed by atoms with Crippen LogP contribution in [-0.2, 0) is 6.54 Å². The number of halogens is 2. The van der Waals surface area contributed by atoms with Gasteiger partial charge in [-0.25, -0.2) is 4.39 Å². The van der Waals surface area contributed by atoms with Gasteiger partial charge in [-0.15, -0.1) is 0 Å². The zero-order chi connectivity index (χ0) is 16.6. The highest BCUT2D eigenvalue weighted by Crippen LogP contribution is 2.25. The number of benzene rings is 1. The maximum Gasteiger partial charge on any atom is 0.171 e. The number of hydrogen-bond donors (Lipinski definition) is 2. The van der Waals surface area contributed by atoms with Gasteiger partial charge in [-0.3, -0.25) is 4.68 Å². The molecule has 0 radical (unpaired) electrons. The van der Waals surface area contributed by atoms with E-state index in [0.717, 1.165) is 29.9 Å². The lowest BCUT2D eigenvalue weighted by atomic mass is 10.2. The maximum atomic E-state index is 14.0. The Hall–Kier alpha value is -1.66. The van der Waals surface area contributed by atoms with Crippen molar-refractivity contribution in [3.8, 4) is 0 Å². The molecule has 23 heavy (non-hydrogen) atoms. The summed E-state index contributed by atoms with van der Waals surface area (Å²) in [5.41, 5.74) is 3.00. The zero-order valence-electron chi connectivity index (χ0n) is 13.0. The van der Waals surface area contributed by atoms with E-state index in [0.29, 0.717) is 21.7 Å². The molecule has 0 saturated heterocycles. The Balaban J connectivity index is 1.81. The molecule has 7 heteroatoms. The average Bonchev–Trinajstić information content (AvgIpc) is 3.26. The zero-order valence-corrected chi connectivity index (χ0v) is 14.6. The van der Waals surface area contributed by atoms with Crippen LogP contribution in [0.25, 0.3) is 0 Å². The van der Waals surface area contributed by atoms with Gasteiger partial charge in [-0.2, -0.15) is 5.10 Å². The first kappa shape index (κ1) is 16.2. The Kier molecular flexibility index (Phi) is 4.55. The van der Waals surface area contributed by atoms with Crippen molar-refractivity contribution in [2.45, 2.75) is 39.3 Å². The van der Waals surface area contributed by atoms with Crippen molar-refractivity contribution in [3.63, 3.8) is 0 Å². The van der Waals surface area contributed by atoms with Gasteiger partial charge < -0.3 is 10.6 Å². The number of anilines is 1. The predicted molar refractivity (Wildman–Crippen MR) is 94.6 cm³/mol. The van der Waals surface area contributed by atoms with Crippen LogP contribution in [0.3, 0.4) is 0 Å². The van der Waals surface area contributed by atoms with Crippen LogP contribution in [0.4, 0.5) is 10.1 Å². The largest absolute Gasteiger partial charge is 0.360 e. The first-order valence-electron chi connectivity index (χ1n) is 7.50. The van der Waals surface area contributed by atoms with Crippen molar-refractivity contribution in [1.82, 2.24) is 15.1 Å². The molecule has 0 atom stereocenters. The summed E-state index contributed by atoms with van der Waals surface area (Å²) in [6.45, 7) is 4.11. The van der Waals surface area contributed by atoms with E-state index in [1.54, 1.807) is 16.8 Å². The molecule has 0 bridgehead atoms. The molecule has 122 valence electrons. The molecule has 0 amide bonds. The lowest BCUT2D eigenvalue weighted by Gasteiger charge is -2.11. The van der Waals surface area contributed by atoms with Crippen LogP contribution in [0.1, 0.15) is 29.8 Å². The molecule has 1 aromatic heterocycles. The third-order valence-corrected chi connectivity index (χ3v) is 4.48. The molecular formula is C16H18ClFN4S. The van der Waals surface area contributed by atoms with E-state index in [2.05, 4.69) is 15.7 Å². The quantitative estimate of drug-likeness (QED) is 0.821. The molecule has 2 N–H and O–H groups in total. The molecule has 1 saturated carbocycles. The number of nitrogens with zero attached hydrogens (tertiary/aromatic N) is 2. The van der Waals surface area contributed by atoms with Crippen molar-refractivity contribution in [3.05, 3.63) is 46.0 Å². The van der Waals surface area contributed by atoms with E-state index in [4.69, 9.17) is 23.8 Å². The van der Waals surface area contributed by atoms with E-state index in [1.807, 2.05) is 13.8 Å². The van der Waals surface area contributed by atoms with Crippen molar-refractivity contribution in [1.29, 1.82) is 0 Å². The van der Waals surface area contributed by atoms with E-state index >= 15 is 0 Å². The van der Waals surface area contributed by atoms with Crippen molar-refractivity contribution < 1.29 is 4.39 Å². The Labute approximate surface area is 145 Å². The van der Waals surface area contributed by atoms with Gasteiger partial charge in [0.1, 0.15) is 5.82 Å². The summed E-state index contributed by atoms with van der Waals surface area (Å²) in [6.07, 6.45) is 2.32. The molecule has 1 heterocycles. The second-order valence-electron chi connectivity index (χ2n) is 5.78. The number of rotatable bonds is 4. The van der Waals surface area contributed by atoms with Crippen molar-refractivity contribution in [2.75, 3.05) is 5.32 Å². The topological polar surface area (TPSA) is 41.9 Å². The normalized spacial score (nSPS) is 13.9. The summed E-state index contributed by atoms with van der Waals surface area (Å²) in [7, 11) is 0. The van der Waals surface area contributed by atoms with E-state index in [9.17, 15) is 4.39 Å². The molecule has 1 aliphatic carbocycles. The molecular weight excluding hydrogens is 335 g/mol. The van der Waals surface area contributed by atoms with Crippen LogP contribution in [0.15, 0.2) is 18.2 Å². The van der Waals surface area contributed by atoms with Gasteiger partial charge >= 0.3 is 0 Å². The summed E-state index contributed by atoms with van der Waals surface area (Å²) in [5, 5.41) is 11.9. The number of hydrogen-bond acceptors (Lipinski definition) is 2. The lowest BCUT2D eigenvalue weighted by molar-refractivity contribution is 0.579.